The lowest BCUT2D eigenvalue weighted by molar-refractivity contribution is -0.119. The Balaban J connectivity index is 1.40. The Labute approximate surface area is 170 Å². The number of nitrogens with one attached hydrogen (secondary N) is 1. The smallest absolute Gasteiger partial charge is 0.255 e. The summed E-state index contributed by atoms with van der Waals surface area (Å²) in [6.45, 7) is 3.47. The van der Waals surface area contributed by atoms with Crippen LogP contribution in [0.5, 0.6) is 11.8 Å². The Kier molecular flexibility index (Phi) is 5.23. The van der Waals surface area contributed by atoms with Gasteiger partial charge in [0.05, 0.1) is 30.3 Å². The number of carbonyl (C=O) groups is 1. The highest BCUT2D eigenvalue weighted by Crippen LogP contribution is 2.48. The molecule has 0 spiro atoms. The van der Waals surface area contributed by atoms with Crippen LogP contribution in [0, 0.1) is 5.92 Å². The second-order valence-electron chi connectivity index (χ2n) is 7.28. The number of pyridine rings is 2. The quantitative estimate of drug-likeness (QED) is 0.600. The molecule has 3 aromatic rings. The van der Waals surface area contributed by atoms with E-state index in [0.29, 0.717) is 28.4 Å². The van der Waals surface area contributed by atoms with Crippen molar-refractivity contribution in [1.82, 2.24) is 20.3 Å². The number of rotatable bonds is 8. The van der Waals surface area contributed by atoms with Gasteiger partial charge in [-0.3, -0.25) is 4.79 Å². The molecule has 0 radical (unpaired) electrons. The highest BCUT2D eigenvalue weighted by Gasteiger charge is 2.57. The normalized spacial score (nSPS) is 18.1. The van der Waals surface area contributed by atoms with Crippen molar-refractivity contribution < 1.29 is 27.5 Å². The Bertz CT molecular complexity index is 1050. The molecular formula is C20H20F2N4O4. The van der Waals surface area contributed by atoms with Gasteiger partial charge in [-0.05, 0) is 13.0 Å². The summed E-state index contributed by atoms with van der Waals surface area (Å²) in [5.74, 6) is -2.53. The maximum absolute atomic E-state index is 12.9. The lowest BCUT2D eigenvalue weighted by Crippen LogP contribution is -2.35. The van der Waals surface area contributed by atoms with Crippen LogP contribution in [0.15, 0.2) is 35.0 Å². The van der Waals surface area contributed by atoms with Crippen molar-refractivity contribution in [3.05, 3.63) is 30.6 Å². The van der Waals surface area contributed by atoms with Crippen molar-refractivity contribution >= 4 is 17.0 Å². The standard InChI is InChI=1S/C20H20F2N4O4/c1-11(25-12(2)27)9-28-18-5-16-15(8-24-18)26-19(30-16)13-3-4-17(23-7-13)29-10-14-6-20(14,21)22/h3-5,7-8,11,14H,6,9-10H2,1-2H3,(H,25,27)/t11-,14?/m0/s1. The number of oxazole rings is 1. The minimum atomic E-state index is -2.61. The van der Waals surface area contributed by atoms with E-state index in [4.69, 9.17) is 13.9 Å². The minimum absolute atomic E-state index is 0.0583. The van der Waals surface area contributed by atoms with Gasteiger partial charge >= 0.3 is 0 Å². The fourth-order valence-corrected chi connectivity index (χ4v) is 2.84. The molecule has 10 heteroatoms. The Morgan fingerprint density at radius 1 is 1.30 bits per heavy atom. The Hall–Kier alpha value is -3.30. The van der Waals surface area contributed by atoms with E-state index in [1.54, 1.807) is 18.2 Å². The van der Waals surface area contributed by atoms with E-state index in [2.05, 4.69) is 20.3 Å². The zero-order valence-corrected chi connectivity index (χ0v) is 16.4. The van der Waals surface area contributed by atoms with Crippen LogP contribution in [0.4, 0.5) is 8.78 Å². The van der Waals surface area contributed by atoms with Crippen LogP contribution in [-0.2, 0) is 4.79 Å². The highest BCUT2D eigenvalue weighted by molar-refractivity contribution is 5.76. The van der Waals surface area contributed by atoms with Gasteiger partial charge in [-0.1, -0.05) is 0 Å². The Morgan fingerprint density at radius 3 is 2.73 bits per heavy atom. The van der Waals surface area contributed by atoms with E-state index >= 15 is 0 Å². The van der Waals surface area contributed by atoms with E-state index < -0.39 is 11.8 Å². The molecule has 1 amide bonds. The molecule has 4 rings (SSSR count). The monoisotopic (exact) mass is 418 g/mol. The number of carbonyl (C=O) groups excluding carboxylic acids is 1. The molecule has 1 unspecified atom stereocenters. The molecular weight excluding hydrogens is 398 g/mol. The predicted molar refractivity (Wildman–Crippen MR) is 102 cm³/mol. The van der Waals surface area contributed by atoms with E-state index in [0.717, 1.165) is 0 Å². The summed E-state index contributed by atoms with van der Waals surface area (Å²) < 4.78 is 42.4. The lowest BCUT2D eigenvalue weighted by atomic mass is 10.3. The number of alkyl halides is 2. The molecule has 1 fully saturated rings. The molecule has 30 heavy (non-hydrogen) atoms. The molecule has 0 saturated heterocycles. The fraction of sp³-hybridized carbons (Fsp3) is 0.400. The van der Waals surface area contributed by atoms with Crippen molar-refractivity contribution in [2.45, 2.75) is 32.2 Å². The van der Waals surface area contributed by atoms with Crippen molar-refractivity contribution in [3.63, 3.8) is 0 Å². The summed E-state index contributed by atoms with van der Waals surface area (Å²) in [6.07, 6.45) is 2.90. The van der Waals surface area contributed by atoms with Crippen LogP contribution in [0.25, 0.3) is 22.6 Å². The lowest BCUT2D eigenvalue weighted by Gasteiger charge is -2.12. The summed E-state index contributed by atoms with van der Waals surface area (Å²) in [5, 5.41) is 2.72. The topological polar surface area (TPSA) is 99.4 Å². The van der Waals surface area contributed by atoms with Crippen molar-refractivity contribution in [3.8, 4) is 23.2 Å². The third-order valence-corrected chi connectivity index (χ3v) is 4.55. The number of nitrogens with zero attached hydrogens (tertiary/aromatic N) is 3. The summed E-state index contributed by atoms with van der Waals surface area (Å²) in [4.78, 5) is 23.7. The number of halogens is 2. The average Bonchev–Trinajstić information content (AvgIpc) is 3.10. The molecule has 0 aromatic carbocycles. The zero-order chi connectivity index (χ0) is 21.3. The molecule has 2 atom stereocenters. The SMILES string of the molecule is CC(=O)N[C@@H](C)COc1cc2oc(-c3ccc(OCC4CC4(F)F)nc3)nc2cn1. The number of hydrogen-bond donors (Lipinski definition) is 1. The largest absolute Gasteiger partial charge is 0.477 e. The molecule has 0 bridgehead atoms. The van der Waals surface area contributed by atoms with Gasteiger partial charge in [-0.15, -0.1) is 0 Å². The van der Waals surface area contributed by atoms with Crippen molar-refractivity contribution in [1.29, 1.82) is 0 Å². The predicted octanol–water partition coefficient (Wildman–Crippen LogP) is 3.22. The van der Waals surface area contributed by atoms with Crippen LogP contribution < -0.4 is 14.8 Å². The number of ether oxygens (including phenoxy) is 2. The number of hydrogen-bond acceptors (Lipinski definition) is 7. The van der Waals surface area contributed by atoms with E-state index in [9.17, 15) is 13.6 Å². The summed E-state index contributed by atoms with van der Waals surface area (Å²) in [7, 11) is 0. The number of aromatic nitrogens is 3. The number of amides is 1. The first kappa shape index (κ1) is 20.0. The molecule has 0 aliphatic heterocycles. The maximum Gasteiger partial charge on any atom is 0.255 e. The van der Waals surface area contributed by atoms with Gasteiger partial charge < -0.3 is 19.2 Å². The van der Waals surface area contributed by atoms with E-state index in [1.807, 2.05) is 6.92 Å². The molecule has 1 aliphatic carbocycles. The third kappa shape index (κ3) is 4.64. The third-order valence-electron chi connectivity index (χ3n) is 4.55. The Morgan fingerprint density at radius 2 is 2.07 bits per heavy atom. The molecule has 1 aliphatic rings. The molecule has 1 saturated carbocycles. The summed E-state index contributed by atoms with van der Waals surface area (Å²) in [5.41, 5.74) is 1.64. The van der Waals surface area contributed by atoms with Crippen LogP contribution in [-0.4, -0.2) is 46.0 Å². The second kappa shape index (κ2) is 7.85. The maximum atomic E-state index is 12.9. The highest BCUT2D eigenvalue weighted by atomic mass is 19.3. The molecule has 1 N–H and O–H groups in total. The molecule has 3 aromatic heterocycles. The van der Waals surface area contributed by atoms with Crippen LogP contribution in [0.3, 0.4) is 0 Å². The first-order chi connectivity index (χ1) is 14.3. The van der Waals surface area contributed by atoms with E-state index in [1.165, 1.54) is 19.3 Å². The number of fused-ring (bicyclic) bond motifs is 1. The zero-order valence-electron chi connectivity index (χ0n) is 16.4. The van der Waals surface area contributed by atoms with Gasteiger partial charge in [0.15, 0.2) is 5.58 Å². The molecule has 3 heterocycles. The van der Waals surface area contributed by atoms with Crippen LogP contribution in [0.2, 0.25) is 0 Å². The second-order valence-corrected chi connectivity index (χ2v) is 7.28. The van der Waals surface area contributed by atoms with Crippen molar-refractivity contribution in [2.24, 2.45) is 5.92 Å². The fourth-order valence-electron chi connectivity index (χ4n) is 2.84. The van der Waals surface area contributed by atoms with Gasteiger partial charge in [-0.25, -0.2) is 23.7 Å². The molecule has 8 nitrogen and oxygen atoms in total. The first-order valence-corrected chi connectivity index (χ1v) is 9.44. The van der Waals surface area contributed by atoms with Gasteiger partial charge in [0, 0.05) is 31.7 Å². The molecule has 158 valence electrons. The first-order valence-electron chi connectivity index (χ1n) is 9.44. The van der Waals surface area contributed by atoms with E-state index in [-0.39, 0.29) is 37.5 Å². The minimum Gasteiger partial charge on any atom is -0.477 e. The van der Waals surface area contributed by atoms with Gasteiger partial charge in [-0.2, -0.15) is 0 Å². The van der Waals surface area contributed by atoms with Crippen LogP contribution in [0.1, 0.15) is 20.3 Å². The van der Waals surface area contributed by atoms with Crippen LogP contribution >= 0.6 is 0 Å². The van der Waals surface area contributed by atoms with Gasteiger partial charge in [0.25, 0.3) is 5.92 Å². The summed E-state index contributed by atoms with van der Waals surface area (Å²) >= 11 is 0. The van der Waals surface area contributed by atoms with Gasteiger partial charge in [0.1, 0.15) is 12.1 Å². The summed E-state index contributed by atoms with van der Waals surface area (Å²) in [6, 6.07) is 4.73. The average molecular weight is 418 g/mol. The van der Waals surface area contributed by atoms with Crippen molar-refractivity contribution in [2.75, 3.05) is 13.2 Å². The van der Waals surface area contributed by atoms with Gasteiger partial charge in [0.2, 0.25) is 23.6 Å².